The summed E-state index contributed by atoms with van der Waals surface area (Å²) in [5, 5.41) is 0. The van der Waals surface area contributed by atoms with Crippen molar-refractivity contribution in [1.29, 1.82) is 0 Å². The van der Waals surface area contributed by atoms with Gasteiger partial charge in [0.25, 0.3) is 0 Å². The van der Waals surface area contributed by atoms with Gasteiger partial charge in [0.2, 0.25) is 15.9 Å². The van der Waals surface area contributed by atoms with Crippen molar-refractivity contribution in [3.63, 3.8) is 0 Å². The van der Waals surface area contributed by atoms with Crippen LogP contribution in [0.4, 0.5) is 0 Å². The number of sulfonamides is 1. The molecule has 2 aliphatic rings. The van der Waals surface area contributed by atoms with Gasteiger partial charge in [0.1, 0.15) is 0 Å². The Kier molecular flexibility index (Phi) is 5.75. The molecule has 0 radical (unpaired) electrons. The van der Waals surface area contributed by atoms with Crippen molar-refractivity contribution in [3.05, 3.63) is 65.2 Å². The van der Waals surface area contributed by atoms with Gasteiger partial charge in [-0.25, -0.2) is 8.42 Å². The summed E-state index contributed by atoms with van der Waals surface area (Å²) in [6.45, 7) is 2.69. The van der Waals surface area contributed by atoms with Gasteiger partial charge < -0.3 is 4.90 Å². The van der Waals surface area contributed by atoms with Crippen LogP contribution < -0.4 is 0 Å². The Labute approximate surface area is 177 Å². The molecule has 1 fully saturated rings. The molecule has 1 unspecified atom stereocenters. The normalized spacial score (nSPS) is 19.9. The number of benzene rings is 2. The summed E-state index contributed by atoms with van der Waals surface area (Å²) in [5.41, 5.74) is 2.74. The summed E-state index contributed by atoms with van der Waals surface area (Å²) in [6, 6.07) is 14.3. The first-order valence-corrected chi connectivity index (χ1v) is 11.8. The van der Waals surface area contributed by atoms with Crippen LogP contribution in [-0.2, 0) is 21.2 Å². The summed E-state index contributed by atoms with van der Waals surface area (Å²) in [6.07, 6.45) is 2.84. The van der Waals surface area contributed by atoms with Crippen LogP contribution in [0.3, 0.4) is 0 Å². The Morgan fingerprint density at radius 3 is 2.43 bits per heavy atom. The third kappa shape index (κ3) is 3.91. The molecule has 1 amide bonds. The van der Waals surface area contributed by atoms with E-state index in [9.17, 15) is 18.0 Å². The molecule has 0 spiro atoms. The van der Waals surface area contributed by atoms with E-state index in [-0.39, 0.29) is 35.6 Å². The third-order valence-electron chi connectivity index (χ3n) is 6.10. The van der Waals surface area contributed by atoms with Crippen molar-refractivity contribution in [2.75, 3.05) is 26.2 Å². The Bertz CT molecular complexity index is 1070. The van der Waals surface area contributed by atoms with Gasteiger partial charge >= 0.3 is 0 Å². The molecule has 1 atom stereocenters. The number of hydrogen-bond acceptors (Lipinski definition) is 4. The standard InChI is InChI=1S/C23H26N2O4S/c1-17(26)19-8-4-9-20(16-19)30(28,29)25-14-12-24(13-15-25)23(27)22-11-5-7-18-6-2-3-10-21(18)22/h2-4,6,8-10,16,22H,5,7,11-15H2,1H3. The van der Waals surface area contributed by atoms with Crippen molar-refractivity contribution in [3.8, 4) is 0 Å². The Morgan fingerprint density at radius 1 is 0.967 bits per heavy atom. The van der Waals surface area contributed by atoms with Crippen LogP contribution >= 0.6 is 0 Å². The fraction of sp³-hybridized carbons (Fsp3) is 0.391. The zero-order valence-corrected chi connectivity index (χ0v) is 17.9. The lowest BCUT2D eigenvalue weighted by Crippen LogP contribution is -2.51. The molecule has 2 aromatic carbocycles. The van der Waals surface area contributed by atoms with E-state index in [1.54, 1.807) is 17.0 Å². The van der Waals surface area contributed by atoms with Crippen molar-refractivity contribution < 1.29 is 18.0 Å². The lowest BCUT2D eigenvalue weighted by atomic mass is 9.82. The molecule has 4 rings (SSSR count). The van der Waals surface area contributed by atoms with Gasteiger partial charge in [0.05, 0.1) is 10.8 Å². The molecule has 6 nitrogen and oxygen atoms in total. The largest absolute Gasteiger partial charge is 0.340 e. The second-order valence-electron chi connectivity index (χ2n) is 7.96. The van der Waals surface area contributed by atoms with Gasteiger partial charge in [-0.2, -0.15) is 4.31 Å². The van der Waals surface area contributed by atoms with Gasteiger partial charge in [0.15, 0.2) is 5.78 Å². The van der Waals surface area contributed by atoms with Crippen LogP contribution in [0.25, 0.3) is 0 Å². The number of fused-ring (bicyclic) bond motifs is 1. The number of carbonyl (C=O) groups excluding carboxylic acids is 2. The Balaban J connectivity index is 1.46. The number of ketones is 1. The van der Waals surface area contributed by atoms with Crippen molar-refractivity contribution >= 4 is 21.7 Å². The molecule has 1 aliphatic carbocycles. The molecular formula is C23H26N2O4S. The molecule has 1 saturated heterocycles. The molecule has 7 heteroatoms. The smallest absolute Gasteiger partial charge is 0.243 e. The van der Waals surface area contributed by atoms with E-state index in [0.717, 1.165) is 24.8 Å². The zero-order valence-electron chi connectivity index (χ0n) is 17.1. The van der Waals surface area contributed by atoms with Crippen LogP contribution in [0.5, 0.6) is 0 Å². The fourth-order valence-electron chi connectivity index (χ4n) is 4.40. The fourth-order valence-corrected chi connectivity index (χ4v) is 5.87. The monoisotopic (exact) mass is 426 g/mol. The van der Waals surface area contributed by atoms with Crippen LogP contribution in [0.2, 0.25) is 0 Å². The maximum Gasteiger partial charge on any atom is 0.243 e. The Morgan fingerprint density at radius 2 is 1.70 bits per heavy atom. The van der Waals surface area contributed by atoms with E-state index < -0.39 is 10.0 Å². The minimum Gasteiger partial charge on any atom is -0.340 e. The molecule has 158 valence electrons. The molecule has 1 heterocycles. The highest BCUT2D eigenvalue weighted by Crippen LogP contribution is 2.33. The van der Waals surface area contributed by atoms with E-state index in [2.05, 4.69) is 6.07 Å². The minimum absolute atomic E-state index is 0.0952. The highest BCUT2D eigenvalue weighted by molar-refractivity contribution is 7.89. The van der Waals surface area contributed by atoms with Crippen LogP contribution in [0, 0.1) is 0 Å². The third-order valence-corrected chi connectivity index (χ3v) is 7.99. The van der Waals surface area contributed by atoms with Crippen molar-refractivity contribution in [2.24, 2.45) is 0 Å². The number of amides is 1. The topological polar surface area (TPSA) is 74.8 Å². The van der Waals surface area contributed by atoms with E-state index in [1.165, 1.54) is 28.9 Å². The predicted molar refractivity (Wildman–Crippen MR) is 114 cm³/mol. The first-order chi connectivity index (χ1) is 14.4. The molecule has 0 bridgehead atoms. The highest BCUT2D eigenvalue weighted by Gasteiger charge is 2.34. The molecule has 0 N–H and O–H groups in total. The van der Waals surface area contributed by atoms with Crippen molar-refractivity contribution in [1.82, 2.24) is 9.21 Å². The van der Waals surface area contributed by atoms with E-state index >= 15 is 0 Å². The minimum atomic E-state index is -3.70. The molecule has 2 aromatic rings. The average Bonchev–Trinajstić information content (AvgIpc) is 2.78. The SMILES string of the molecule is CC(=O)c1cccc(S(=O)(=O)N2CCN(C(=O)C3CCCc4ccccc43)CC2)c1. The molecule has 1 aliphatic heterocycles. The molecular weight excluding hydrogens is 400 g/mol. The first kappa shape index (κ1) is 20.8. The summed E-state index contributed by atoms with van der Waals surface area (Å²) >= 11 is 0. The lowest BCUT2D eigenvalue weighted by molar-refractivity contribution is -0.134. The highest BCUT2D eigenvalue weighted by atomic mass is 32.2. The number of carbonyl (C=O) groups is 2. The van der Waals surface area contributed by atoms with Crippen LogP contribution in [0.1, 0.15) is 47.2 Å². The number of hydrogen-bond donors (Lipinski definition) is 0. The maximum absolute atomic E-state index is 13.2. The van der Waals surface area contributed by atoms with Gasteiger partial charge in [0, 0.05) is 31.7 Å². The predicted octanol–water partition coefficient (Wildman–Crippen LogP) is 2.84. The lowest BCUT2D eigenvalue weighted by Gasteiger charge is -2.37. The van der Waals surface area contributed by atoms with E-state index in [0.29, 0.717) is 18.7 Å². The van der Waals surface area contributed by atoms with Crippen LogP contribution in [-0.4, -0.2) is 55.5 Å². The molecule has 0 saturated carbocycles. The summed E-state index contributed by atoms with van der Waals surface area (Å²) < 4.78 is 27.4. The first-order valence-electron chi connectivity index (χ1n) is 10.4. The van der Waals surface area contributed by atoms with E-state index in [1.807, 2.05) is 18.2 Å². The number of aryl methyl sites for hydroxylation is 1. The summed E-state index contributed by atoms with van der Waals surface area (Å²) in [7, 11) is -3.70. The summed E-state index contributed by atoms with van der Waals surface area (Å²) in [4.78, 5) is 26.7. The zero-order chi connectivity index (χ0) is 21.3. The number of rotatable bonds is 4. The quantitative estimate of drug-likeness (QED) is 0.705. The maximum atomic E-state index is 13.2. The number of piperazine rings is 1. The summed E-state index contributed by atoms with van der Waals surface area (Å²) in [5.74, 6) is -0.210. The number of Topliss-reactive ketones (excluding diaryl/α,β-unsaturated/α-hetero) is 1. The van der Waals surface area contributed by atoms with E-state index in [4.69, 9.17) is 0 Å². The average molecular weight is 427 g/mol. The second-order valence-corrected chi connectivity index (χ2v) is 9.89. The van der Waals surface area contributed by atoms with Gasteiger partial charge in [-0.1, -0.05) is 36.4 Å². The second kappa shape index (κ2) is 8.32. The van der Waals surface area contributed by atoms with Gasteiger partial charge in [-0.3, -0.25) is 9.59 Å². The molecule has 30 heavy (non-hydrogen) atoms. The number of nitrogens with zero attached hydrogens (tertiary/aromatic N) is 2. The molecule has 0 aromatic heterocycles. The van der Waals surface area contributed by atoms with Crippen LogP contribution in [0.15, 0.2) is 53.4 Å². The van der Waals surface area contributed by atoms with Gasteiger partial charge in [-0.15, -0.1) is 0 Å². The van der Waals surface area contributed by atoms with Crippen molar-refractivity contribution in [2.45, 2.75) is 37.0 Å². The van der Waals surface area contributed by atoms with Gasteiger partial charge in [-0.05, 0) is 49.4 Å². The Hall–Kier alpha value is -2.51.